The van der Waals surface area contributed by atoms with Gasteiger partial charge >= 0.3 is 0 Å². The van der Waals surface area contributed by atoms with Crippen LogP contribution in [-0.4, -0.2) is 17.8 Å². The molecule has 12 heavy (non-hydrogen) atoms. The van der Waals surface area contributed by atoms with Crippen LogP contribution < -0.4 is 5.32 Å². The third-order valence-corrected chi connectivity index (χ3v) is 2.13. The van der Waals surface area contributed by atoms with Crippen molar-refractivity contribution in [1.29, 1.82) is 0 Å². The Morgan fingerprint density at radius 1 is 1.50 bits per heavy atom. The van der Waals surface area contributed by atoms with E-state index in [-0.39, 0.29) is 0 Å². The minimum Gasteiger partial charge on any atom is -0.370 e. The molecule has 1 aromatic rings. The van der Waals surface area contributed by atoms with Crippen molar-refractivity contribution in [1.82, 2.24) is 4.98 Å². The van der Waals surface area contributed by atoms with Crippen LogP contribution in [-0.2, 0) is 0 Å². The second-order valence-electron chi connectivity index (χ2n) is 2.49. The van der Waals surface area contributed by atoms with E-state index in [0.717, 1.165) is 23.8 Å². The van der Waals surface area contributed by atoms with E-state index < -0.39 is 0 Å². The van der Waals surface area contributed by atoms with Gasteiger partial charge < -0.3 is 5.32 Å². The smallest absolute Gasteiger partial charge is 0.127 e. The number of rotatable bonds is 4. The summed E-state index contributed by atoms with van der Waals surface area (Å²) in [7, 11) is 0. The SMILES string of the molecule is CCCNc1cccc(SC)n1. The Labute approximate surface area is 77.8 Å². The fourth-order valence-electron chi connectivity index (χ4n) is 0.880. The molecule has 0 radical (unpaired) electrons. The van der Waals surface area contributed by atoms with Gasteiger partial charge in [-0.05, 0) is 24.8 Å². The van der Waals surface area contributed by atoms with E-state index >= 15 is 0 Å². The normalized spacial score (nSPS) is 9.83. The van der Waals surface area contributed by atoms with Crippen molar-refractivity contribution < 1.29 is 0 Å². The van der Waals surface area contributed by atoms with Crippen molar-refractivity contribution in [3.8, 4) is 0 Å². The maximum Gasteiger partial charge on any atom is 0.127 e. The minimum atomic E-state index is 0.976. The molecule has 0 aliphatic heterocycles. The molecule has 66 valence electrons. The fourth-order valence-corrected chi connectivity index (χ4v) is 1.28. The lowest BCUT2D eigenvalue weighted by Crippen LogP contribution is -2.01. The first-order valence-corrected chi connectivity index (χ1v) is 5.34. The predicted octanol–water partition coefficient (Wildman–Crippen LogP) is 2.63. The molecule has 0 saturated heterocycles. The van der Waals surface area contributed by atoms with Crippen LogP contribution >= 0.6 is 11.8 Å². The van der Waals surface area contributed by atoms with Crippen molar-refractivity contribution >= 4 is 17.6 Å². The third kappa shape index (κ3) is 2.74. The molecule has 0 fully saturated rings. The Bertz CT molecular complexity index is 238. The van der Waals surface area contributed by atoms with Gasteiger partial charge in [0.2, 0.25) is 0 Å². The van der Waals surface area contributed by atoms with Crippen molar-refractivity contribution in [3.05, 3.63) is 18.2 Å². The first-order chi connectivity index (χ1) is 5.86. The van der Waals surface area contributed by atoms with Crippen molar-refractivity contribution in [2.75, 3.05) is 18.1 Å². The standard InChI is InChI=1S/C9H14N2S/c1-3-7-10-8-5-4-6-9(11-8)12-2/h4-6H,3,7H2,1-2H3,(H,10,11). The second kappa shape index (κ2) is 5.04. The molecular formula is C9H14N2S. The summed E-state index contributed by atoms with van der Waals surface area (Å²) in [6, 6.07) is 6.04. The molecule has 1 rings (SSSR count). The molecule has 0 unspecified atom stereocenters. The zero-order valence-electron chi connectivity index (χ0n) is 7.50. The molecule has 0 atom stereocenters. The van der Waals surface area contributed by atoms with Gasteiger partial charge in [0.1, 0.15) is 5.82 Å². The van der Waals surface area contributed by atoms with Crippen LogP contribution in [0.15, 0.2) is 23.2 Å². The lowest BCUT2D eigenvalue weighted by atomic mass is 10.4. The highest BCUT2D eigenvalue weighted by molar-refractivity contribution is 7.98. The summed E-state index contributed by atoms with van der Waals surface area (Å²) >= 11 is 1.67. The van der Waals surface area contributed by atoms with E-state index in [1.165, 1.54) is 0 Å². The van der Waals surface area contributed by atoms with Crippen LogP contribution in [0.1, 0.15) is 13.3 Å². The Balaban J connectivity index is 2.60. The summed E-state index contributed by atoms with van der Waals surface area (Å²) in [5.41, 5.74) is 0. The molecule has 0 spiro atoms. The van der Waals surface area contributed by atoms with E-state index in [4.69, 9.17) is 0 Å². The summed E-state index contributed by atoms with van der Waals surface area (Å²) < 4.78 is 0. The summed E-state index contributed by atoms with van der Waals surface area (Å²) in [6.45, 7) is 3.14. The van der Waals surface area contributed by atoms with E-state index in [9.17, 15) is 0 Å². The van der Waals surface area contributed by atoms with Crippen molar-refractivity contribution in [3.63, 3.8) is 0 Å². The maximum absolute atomic E-state index is 4.38. The van der Waals surface area contributed by atoms with Gasteiger partial charge in [0, 0.05) is 6.54 Å². The molecule has 1 N–H and O–H groups in total. The van der Waals surface area contributed by atoms with Gasteiger partial charge in [-0.15, -0.1) is 11.8 Å². The molecule has 1 heterocycles. The zero-order valence-corrected chi connectivity index (χ0v) is 8.32. The summed E-state index contributed by atoms with van der Waals surface area (Å²) in [5, 5.41) is 4.31. The molecule has 0 bridgehead atoms. The monoisotopic (exact) mass is 182 g/mol. The van der Waals surface area contributed by atoms with Crippen LogP contribution in [0, 0.1) is 0 Å². The van der Waals surface area contributed by atoms with Gasteiger partial charge in [-0.1, -0.05) is 13.0 Å². The van der Waals surface area contributed by atoms with Crippen LogP contribution in [0.4, 0.5) is 5.82 Å². The Hall–Kier alpha value is -0.700. The molecule has 0 saturated carbocycles. The van der Waals surface area contributed by atoms with Crippen LogP contribution in [0.2, 0.25) is 0 Å². The highest BCUT2D eigenvalue weighted by Gasteiger charge is 1.93. The molecule has 2 nitrogen and oxygen atoms in total. The number of anilines is 1. The molecule has 3 heteroatoms. The molecule has 0 amide bonds. The number of hydrogen-bond donors (Lipinski definition) is 1. The van der Waals surface area contributed by atoms with Gasteiger partial charge in [0.25, 0.3) is 0 Å². The van der Waals surface area contributed by atoms with Gasteiger partial charge in [-0.2, -0.15) is 0 Å². The van der Waals surface area contributed by atoms with Gasteiger partial charge in [0.05, 0.1) is 5.03 Å². The first-order valence-electron chi connectivity index (χ1n) is 4.11. The quantitative estimate of drug-likeness (QED) is 0.725. The Morgan fingerprint density at radius 2 is 2.33 bits per heavy atom. The van der Waals surface area contributed by atoms with Gasteiger partial charge in [-0.25, -0.2) is 4.98 Å². The lowest BCUT2D eigenvalue weighted by Gasteiger charge is -2.03. The van der Waals surface area contributed by atoms with Crippen molar-refractivity contribution in [2.24, 2.45) is 0 Å². The average Bonchev–Trinajstić information content (AvgIpc) is 2.15. The Morgan fingerprint density at radius 3 is 3.00 bits per heavy atom. The van der Waals surface area contributed by atoms with Crippen LogP contribution in [0.5, 0.6) is 0 Å². The molecule has 0 aromatic carbocycles. The van der Waals surface area contributed by atoms with E-state index in [1.54, 1.807) is 11.8 Å². The van der Waals surface area contributed by atoms with E-state index in [1.807, 2.05) is 24.5 Å². The first kappa shape index (κ1) is 9.39. The maximum atomic E-state index is 4.38. The number of nitrogens with zero attached hydrogens (tertiary/aromatic N) is 1. The minimum absolute atomic E-state index is 0.976. The lowest BCUT2D eigenvalue weighted by molar-refractivity contribution is 0.960. The topological polar surface area (TPSA) is 24.9 Å². The summed E-state index contributed by atoms with van der Waals surface area (Å²) in [5.74, 6) is 0.976. The number of pyridine rings is 1. The Kier molecular flexibility index (Phi) is 3.94. The summed E-state index contributed by atoms with van der Waals surface area (Å²) in [6.07, 6.45) is 3.16. The van der Waals surface area contributed by atoms with Gasteiger partial charge in [-0.3, -0.25) is 0 Å². The number of aromatic nitrogens is 1. The highest BCUT2D eigenvalue weighted by atomic mass is 32.2. The third-order valence-electron chi connectivity index (χ3n) is 1.49. The molecule has 0 aliphatic rings. The van der Waals surface area contributed by atoms with Gasteiger partial charge in [0.15, 0.2) is 0 Å². The average molecular weight is 182 g/mol. The fraction of sp³-hybridized carbons (Fsp3) is 0.444. The van der Waals surface area contributed by atoms with E-state index in [0.29, 0.717) is 0 Å². The second-order valence-corrected chi connectivity index (χ2v) is 3.32. The van der Waals surface area contributed by atoms with Crippen molar-refractivity contribution in [2.45, 2.75) is 18.4 Å². The van der Waals surface area contributed by atoms with E-state index in [2.05, 4.69) is 17.2 Å². The predicted molar refractivity (Wildman–Crippen MR) is 54.8 cm³/mol. The molecule has 1 aromatic heterocycles. The number of nitrogens with one attached hydrogen (secondary N) is 1. The molecule has 0 aliphatic carbocycles. The zero-order chi connectivity index (χ0) is 8.81. The van der Waals surface area contributed by atoms with Crippen LogP contribution in [0.3, 0.4) is 0 Å². The largest absolute Gasteiger partial charge is 0.370 e. The number of hydrogen-bond acceptors (Lipinski definition) is 3. The molecular weight excluding hydrogens is 168 g/mol. The highest BCUT2D eigenvalue weighted by Crippen LogP contribution is 2.13. The van der Waals surface area contributed by atoms with Crippen LogP contribution in [0.25, 0.3) is 0 Å². The summed E-state index contributed by atoms with van der Waals surface area (Å²) in [4.78, 5) is 4.38. The number of thioether (sulfide) groups is 1.